The molecule has 0 bridgehead atoms. The molecular formula is C18H16FNO3S. The highest BCUT2D eigenvalue weighted by atomic mass is 32.2. The van der Waals surface area contributed by atoms with Gasteiger partial charge < -0.3 is 4.90 Å². The predicted octanol–water partition coefficient (Wildman–Crippen LogP) is 3.09. The van der Waals surface area contributed by atoms with Crippen LogP contribution in [-0.2, 0) is 9.84 Å². The minimum absolute atomic E-state index is 0.0848. The summed E-state index contributed by atoms with van der Waals surface area (Å²) in [4.78, 5) is 14.3. The summed E-state index contributed by atoms with van der Waals surface area (Å²) in [6, 6.07) is 12.2. The summed E-state index contributed by atoms with van der Waals surface area (Å²) in [5.41, 5.74) is 1.29. The molecule has 124 valence electrons. The van der Waals surface area contributed by atoms with Gasteiger partial charge in [0.1, 0.15) is 5.82 Å². The maximum atomic E-state index is 14.1. The zero-order valence-electron chi connectivity index (χ0n) is 13.0. The Morgan fingerprint density at radius 1 is 1.12 bits per heavy atom. The van der Waals surface area contributed by atoms with Crippen molar-refractivity contribution in [1.82, 2.24) is 0 Å². The third-order valence-corrected chi connectivity index (χ3v) is 5.32. The number of carbonyl (C=O) groups is 1. The van der Waals surface area contributed by atoms with Gasteiger partial charge in [-0.2, -0.15) is 0 Å². The number of amides is 1. The number of aryl methyl sites for hydroxylation is 1. The van der Waals surface area contributed by atoms with Crippen LogP contribution in [0.15, 0.2) is 60.0 Å². The van der Waals surface area contributed by atoms with E-state index in [1.54, 1.807) is 18.2 Å². The first-order valence-electron chi connectivity index (χ1n) is 7.44. The second-order valence-electron chi connectivity index (χ2n) is 5.67. The quantitative estimate of drug-likeness (QED) is 0.859. The van der Waals surface area contributed by atoms with Crippen LogP contribution in [0, 0.1) is 12.7 Å². The fraction of sp³-hybridized carbons (Fsp3) is 0.167. The first-order chi connectivity index (χ1) is 11.4. The van der Waals surface area contributed by atoms with Crippen LogP contribution in [0.2, 0.25) is 0 Å². The van der Waals surface area contributed by atoms with Gasteiger partial charge in [0, 0.05) is 11.1 Å². The number of hydrogen-bond acceptors (Lipinski definition) is 3. The van der Waals surface area contributed by atoms with Gasteiger partial charge in [0.2, 0.25) is 0 Å². The molecule has 24 heavy (non-hydrogen) atoms. The number of rotatable bonds is 3. The summed E-state index contributed by atoms with van der Waals surface area (Å²) >= 11 is 0. The molecular weight excluding hydrogens is 329 g/mol. The second kappa shape index (κ2) is 6.20. The summed E-state index contributed by atoms with van der Waals surface area (Å²) in [7, 11) is -3.36. The molecule has 0 aliphatic carbocycles. The number of sulfone groups is 1. The van der Waals surface area contributed by atoms with Crippen LogP contribution in [-0.4, -0.2) is 26.1 Å². The number of carbonyl (C=O) groups excluding carboxylic acids is 1. The Morgan fingerprint density at radius 2 is 1.79 bits per heavy atom. The highest BCUT2D eigenvalue weighted by molar-refractivity contribution is 7.94. The van der Waals surface area contributed by atoms with Crippen molar-refractivity contribution in [3.05, 3.63) is 77.0 Å². The van der Waals surface area contributed by atoms with E-state index >= 15 is 0 Å². The zero-order chi connectivity index (χ0) is 17.3. The van der Waals surface area contributed by atoms with Crippen molar-refractivity contribution >= 4 is 21.4 Å². The summed E-state index contributed by atoms with van der Waals surface area (Å²) in [6.07, 6.45) is 1.47. The van der Waals surface area contributed by atoms with Crippen molar-refractivity contribution in [2.45, 2.75) is 13.0 Å². The topological polar surface area (TPSA) is 54.5 Å². The summed E-state index contributed by atoms with van der Waals surface area (Å²) in [5, 5.41) is 1.11. The first kappa shape index (κ1) is 16.4. The van der Waals surface area contributed by atoms with Crippen molar-refractivity contribution < 1.29 is 17.6 Å². The molecule has 3 rings (SSSR count). The van der Waals surface area contributed by atoms with Gasteiger partial charge >= 0.3 is 0 Å². The van der Waals surface area contributed by atoms with Gasteiger partial charge in [0.15, 0.2) is 9.84 Å². The van der Waals surface area contributed by atoms with Crippen LogP contribution in [0.4, 0.5) is 10.1 Å². The lowest BCUT2D eigenvalue weighted by Gasteiger charge is -2.29. The SMILES string of the molecule is Cc1ccccc1N(C(=O)c1ccccc1F)C1C=CS(=O)(=O)C1. The Hall–Kier alpha value is -2.47. The third-order valence-electron chi connectivity index (χ3n) is 3.94. The van der Waals surface area contributed by atoms with E-state index in [0.717, 1.165) is 11.0 Å². The molecule has 0 spiro atoms. The Morgan fingerprint density at radius 3 is 2.42 bits per heavy atom. The van der Waals surface area contributed by atoms with Crippen LogP contribution in [0.25, 0.3) is 0 Å². The third kappa shape index (κ3) is 3.10. The van der Waals surface area contributed by atoms with E-state index in [2.05, 4.69) is 0 Å². The normalized spacial score (nSPS) is 18.5. The average molecular weight is 345 g/mol. The maximum Gasteiger partial charge on any atom is 0.261 e. The smallest absolute Gasteiger partial charge is 0.261 e. The van der Waals surface area contributed by atoms with E-state index < -0.39 is 27.6 Å². The molecule has 1 aliphatic heterocycles. The Balaban J connectivity index is 2.10. The van der Waals surface area contributed by atoms with E-state index in [0.29, 0.717) is 5.69 Å². The van der Waals surface area contributed by atoms with Crippen LogP contribution in [0.1, 0.15) is 15.9 Å². The van der Waals surface area contributed by atoms with E-state index in [9.17, 15) is 17.6 Å². The van der Waals surface area contributed by atoms with E-state index in [-0.39, 0.29) is 11.3 Å². The minimum atomic E-state index is -3.36. The molecule has 2 aromatic carbocycles. The fourth-order valence-corrected chi connectivity index (χ4v) is 4.03. The minimum Gasteiger partial charge on any atom is -0.300 e. The van der Waals surface area contributed by atoms with Gasteiger partial charge in [-0.05, 0) is 36.8 Å². The number of nitrogens with zero attached hydrogens (tertiary/aromatic N) is 1. The van der Waals surface area contributed by atoms with Gasteiger partial charge in [0.05, 0.1) is 17.4 Å². The highest BCUT2D eigenvalue weighted by Gasteiger charge is 2.33. The molecule has 4 nitrogen and oxygen atoms in total. The Kier molecular flexibility index (Phi) is 4.24. The molecule has 0 aromatic heterocycles. The predicted molar refractivity (Wildman–Crippen MR) is 91.1 cm³/mol. The van der Waals surface area contributed by atoms with Gasteiger partial charge in [0.25, 0.3) is 5.91 Å². The van der Waals surface area contributed by atoms with Crippen molar-refractivity contribution in [3.8, 4) is 0 Å². The lowest BCUT2D eigenvalue weighted by atomic mass is 10.1. The van der Waals surface area contributed by atoms with Crippen LogP contribution < -0.4 is 4.90 Å². The van der Waals surface area contributed by atoms with Crippen LogP contribution in [0.5, 0.6) is 0 Å². The van der Waals surface area contributed by atoms with Gasteiger partial charge in [-0.25, -0.2) is 12.8 Å². The van der Waals surface area contributed by atoms with Crippen molar-refractivity contribution in [2.75, 3.05) is 10.7 Å². The molecule has 1 atom stereocenters. The van der Waals surface area contributed by atoms with Crippen molar-refractivity contribution in [1.29, 1.82) is 0 Å². The number of hydrogen-bond donors (Lipinski definition) is 0. The van der Waals surface area contributed by atoms with Crippen LogP contribution in [0.3, 0.4) is 0 Å². The molecule has 0 saturated carbocycles. The Bertz CT molecular complexity index is 921. The second-order valence-corrected chi connectivity index (χ2v) is 7.60. The maximum absolute atomic E-state index is 14.1. The van der Waals surface area contributed by atoms with Crippen LogP contribution >= 0.6 is 0 Å². The lowest BCUT2D eigenvalue weighted by molar-refractivity contribution is 0.0979. The molecule has 1 amide bonds. The average Bonchev–Trinajstić information content (AvgIpc) is 2.89. The molecule has 6 heteroatoms. The van der Waals surface area contributed by atoms with E-state index in [1.807, 2.05) is 19.1 Å². The van der Waals surface area contributed by atoms with E-state index in [4.69, 9.17) is 0 Å². The number of halogens is 1. The molecule has 1 heterocycles. The van der Waals surface area contributed by atoms with E-state index in [1.165, 1.54) is 29.2 Å². The van der Waals surface area contributed by atoms with Crippen molar-refractivity contribution in [2.24, 2.45) is 0 Å². The number of anilines is 1. The largest absolute Gasteiger partial charge is 0.300 e. The Labute approximate surface area is 140 Å². The highest BCUT2D eigenvalue weighted by Crippen LogP contribution is 2.28. The van der Waals surface area contributed by atoms with Crippen molar-refractivity contribution in [3.63, 3.8) is 0 Å². The zero-order valence-corrected chi connectivity index (χ0v) is 13.8. The van der Waals surface area contributed by atoms with Gasteiger partial charge in [-0.3, -0.25) is 4.79 Å². The summed E-state index contributed by atoms with van der Waals surface area (Å²) in [6.45, 7) is 1.82. The molecule has 1 unspecified atom stereocenters. The molecule has 0 N–H and O–H groups in total. The summed E-state index contributed by atoms with van der Waals surface area (Å²) in [5.74, 6) is -1.40. The number of para-hydroxylation sites is 1. The molecule has 1 aliphatic rings. The molecule has 0 saturated heterocycles. The molecule has 0 radical (unpaired) electrons. The fourth-order valence-electron chi connectivity index (χ4n) is 2.76. The van der Waals surface area contributed by atoms with Gasteiger partial charge in [-0.15, -0.1) is 0 Å². The first-order valence-corrected chi connectivity index (χ1v) is 9.15. The monoisotopic (exact) mass is 345 g/mol. The summed E-state index contributed by atoms with van der Waals surface area (Å²) < 4.78 is 37.6. The lowest BCUT2D eigenvalue weighted by Crippen LogP contribution is -2.42. The molecule has 2 aromatic rings. The van der Waals surface area contributed by atoms with Gasteiger partial charge in [-0.1, -0.05) is 30.3 Å². The number of benzene rings is 2. The molecule has 0 fully saturated rings. The standard InChI is InChI=1S/C18H16FNO3S/c1-13-6-2-5-9-17(13)20(14-10-11-24(22,23)12-14)18(21)15-7-3-4-8-16(15)19/h2-11,14H,12H2,1H3.